The fourth-order valence-corrected chi connectivity index (χ4v) is 1.43. The molecular formula is C16H20O4. The molecule has 1 aromatic rings. The molecule has 0 aliphatic carbocycles. The van der Waals surface area contributed by atoms with E-state index in [1.807, 2.05) is 30.3 Å². The van der Waals surface area contributed by atoms with Crippen molar-refractivity contribution in [2.45, 2.75) is 13.5 Å². The highest BCUT2D eigenvalue weighted by molar-refractivity contribution is 5.82. The molecule has 0 heterocycles. The van der Waals surface area contributed by atoms with Crippen molar-refractivity contribution in [3.05, 3.63) is 54.1 Å². The molecule has 0 spiro atoms. The van der Waals surface area contributed by atoms with Crippen LogP contribution in [0.25, 0.3) is 0 Å². The third-order valence-electron chi connectivity index (χ3n) is 2.41. The summed E-state index contributed by atoms with van der Waals surface area (Å²) in [4.78, 5) is 11.0. The van der Waals surface area contributed by atoms with Gasteiger partial charge in [0.05, 0.1) is 26.9 Å². The minimum absolute atomic E-state index is 0.337. The van der Waals surface area contributed by atoms with Crippen LogP contribution in [0.4, 0.5) is 0 Å². The van der Waals surface area contributed by atoms with Crippen molar-refractivity contribution >= 4 is 5.97 Å². The van der Waals surface area contributed by atoms with Gasteiger partial charge in [0, 0.05) is 6.08 Å². The summed E-state index contributed by atoms with van der Waals surface area (Å²) in [6.07, 6.45) is 6.60. The molecule has 0 N–H and O–H groups in total. The SMILES string of the molecule is CCOC(=O)/C=C/C=C/COCc1ccc(OC)cc1. The predicted octanol–water partition coefficient (Wildman–Crippen LogP) is 2.89. The molecule has 20 heavy (non-hydrogen) atoms. The van der Waals surface area contributed by atoms with Crippen LogP contribution in [0, 0.1) is 0 Å². The summed E-state index contributed by atoms with van der Waals surface area (Å²) in [6.45, 7) is 3.18. The number of carbonyl (C=O) groups excluding carboxylic acids is 1. The highest BCUT2D eigenvalue weighted by Crippen LogP contribution is 2.11. The zero-order chi connectivity index (χ0) is 14.6. The lowest BCUT2D eigenvalue weighted by molar-refractivity contribution is -0.137. The van der Waals surface area contributed by atoms with Gasteiger partial charge in [-0.05, 0) is 24.6 Å². The number of hydrogen-bond donors (Lipinski definition) is 0. The zero-order valence-corrected chi connectivity index (χ0v) is 11.9. The minimum Gasteiger partial charge on any atom is -0.497 e. The van der Waals surface area contributed by atoms with Gasteiger partial charge in [0.1, 0.15) is 5.75 Å². The highest BCUT2D eigenvalue weighted by atomic mass is 16.5. The van der Waals surface area contributed by atoms with Crippen LogP contribution in [0.5, 0.6) is 5.75 Å². The molecule has 0 aliphatic heterocycles. The average Bonchev–Trinajstić information content (AvgIpc) is 2.47. The molecule has 0 bridgehead atoms. The van der Waals surface area contributed by atoms with Gasteiger partial charge in [0.15, 0.2) is 0 Å². The fourth-order valence-electron chi connectivity index (χ4n) is 1.43. The van der Waals surface area contributed by atoms with Crippen molar-refractivity contribution in [2.24, 2.45) is 0 Å². The second-order valence-electron chi connectivity index (χ2n) is 3.90. The first-order valence-electron chi connectivity index (χ1n) is 6.47. The first-order chi connectivity index (χ1) is 9.76. The Morgan fingerprint density at radius 1 is 1.20 bits per heavy atom. The van der Waals surface area contributed by atoms with E-state index < -0.39 is 0 Å². The molecule has 0 atom stereocenters. The Kier molecular flexibility index (Phi) is 7.84. The van der Waals surface area contributed by atoms with E-state index in [1.165, 1.54) is 6.08 Å². The number of allylic oxidation sites excluding steroid dienone is 2. The first kappa shape index (κ1) is 16.0. The van der Waals surface area contributed by atoms with Crippen LogP contribution >= 0.6 is 0 Å². The highest BCUT2D eigenvalue weighted by Gasteiger charge is 1.93. The molecule has 0 radical (unpaired) electrons. The molecule has 0 saturated heterocycles. The molecule has 0 aromatic heterocycles. The Balaban J connectivity index is 2.19. The topological polar surface area (TPSA) is 44.8 Å². The minimum atomic E-state index is -0.337. The second kappa shape index (κ2) is 9.81. The van der Waals surface area contributed by atoms with Crippen LogP contribution < -0.4 is 4.74 Å². The number of methoxy groups -OCH3 is 1. The molecule has 0 unspecified atom stereocenters. The van der Waals surface area contributed by atoms with Gasteiger partial charge < -0.3 is 14.2 Å². The Morgan fingerprint density at radius 3 is 2.60 bits per heavy atom. The van der Waals surface area contributed by atoms with E-state index >= 15 is 0 Å². The maximum Gasteiger partial charge on any atom is 0.330 e. The standard InChI is InChI=1S/C16H20O4/c1-3-20-16(17)7-5-4-6-12-19-13-14-8-10-15(18-2)11-9-14/h4-11H,3,12-13H2,1-2H3/b6-4+,7-5+. The van der Waals surface area contributed by atoms with E-state index in [2.05, 4.69) is 0 Å². The molecule has 4 heteroatoms. The van der Waals surface area contributed by atoms with E-state index in [0.29, 0.717) is 19.8 Å². The van der Waals surface area contributed by atoms with Gasteiger partial charge in [-0.3, -0.25) is 0 Å². The average molecular weight is 276 g/mol. The first-order valence-corrected chi connectivity index (χ1v) is 6.47. The smallest absolute Gasteiger partial charge is 0.330 e. The van der Waals surface area contributed by atoms with Gasteiger partial charge >= 0.3 is 5.97 Å². The van der Waals surface area contributed by atoms with Gasteiger partial charge in [0.25, 0.3) is 0 Å². The monoisotopic (exact) mass is 276 g/mol. The summed E-state index contributed by atoms with van der Waals surface area (Å²) >= 11 is 0. The number of rotatable bonds is 8. The largest absolute Gasteiger partial charge is 0.497 e. The molecular weight excluding hydrogens is 256 g/mol. The van der Waals surface area contributed by atoms with Crippen LogP contribution in [-0.4, -0.2) is 26.3 Å². The molecule has 0 saturated carbocycles. The number of hydrogen-bond acceptors (Lipinski definition) is 4. The molecule has 0 amide bonds. The van der Waals surface area contributed by atoms with Crippen LogP contribution in [0.3, 0.4) is 0 Å². The predicted molar refractivity (Wildman–Crippen MR) is 77.6 cm³/mol. The van der Waals surface area contributed by atoms with E-state index in [0.717, 1.165) is 11.3 Å². The van der Waals surface area contributed by atoms with Crippen molar-refractivity contribution in [3.8, 4) is 5.75 Å². The lowest BCUT2D eigenvalue weighted by Crippen LogP contribution is -1.98. The summed E-state index contributed by atoms with van der Waals surface area (Å²) in [6, 6.07) is 7.72. The van der Waals surface area contributed by atoms with Gasteiger partial charge in [0.2, 0.25) is 0 Å². The molecule has 4 nitrogen and oxygen atoms in total. The maximum absolute atomic E-state index is 11.0. The molecule has 0 aliphatic rings. The van der Waals surface area contributed by atoms with Crippen LogP contribution in [0.15, 0.2) is 48.6 Å². The Bertz CT molecular complexity index is 446. The number of carbonyl (C=O) groups is 1. The molecule has 0 fully saturated rings. The van der Waals surface area contributed by atoms with Crippen LogP contribution in [0.2, 0.25) is 0 Å². The van der Waals surface area contributed by atoms with E-state index in [1.54, 1.807) is 26.2 Å². The Hall–Kier alpha value is -2.07. The molecule has 1 aromatic carbocycles. The Morgan fingerprint density at radius 2 is 1.95 bits per heavy atom. The van der Waals surface area contributed by atoms with E-state index in [9.17, 15) is 4.79 Å². The van der Waals surface area contributed by atoms with Gasteiger partial charge in [-0.15, -0.1) is 0 Å². The van der Waals surface area contributed by atoms with Crippen LogP contribution in [0.1, 0.15) is 12.5 Å². The van der Waals surface area contributed by atoms with Crippen LogP contribution in [-0.2, 0) is 20.9 Å². The van der Waals surface area contributed by atoms with E-state index in [4.69, 9.17) is 14.2 Å². The van der Waals surface area contributed by atoms with Gasteiger partial charge in [-0.1, -0.05) is 30.4 Å². The number of esters is 1. The summed E-state index contributed by atoms with van der Waals surface area (Å²) in [5, 5.41) is 0. The van der Waals surface area contributed by atoms with Crippen molar-refractivity contribution in [3.63, 3.8) is 0 Å². The quantitative estimate of drug-likeness (QED) is 0.317. The summed E-state index contributed by atoms with van der Waals surface area (Å²) in [5.74, 6) is 0.494. The van der Waals surface area contributed by atoms with Gasteiger partial charge in [-0.2, -0.15) is 0 Å². The van der Waals surface area contributed by atoms with E-state index in [-0.39, 0.29) is 5.97 Å². The lowest BCUT2D eigenvalue weighted by Gasteiger charge is -2.03. The third kappa shape index (κ3) is 6.75. The third-order valence-corrected chi connectivity index (χ3v) is 2.41. The summed E-state index contributed by atoms with van der Waals surface area (Å²) in [5.41, 5.74) is 1.08. The number of ether oxygens (including phenoxy) is 3. The summed E-state index contributed by atoms with van der Waals surface area (Å²) < 4.78 is 15.3. The van der Waals surface area contributed by atoms with Crippen molar-refractivity contribution in [1.82, 2.24) is 0 Å². The van der Waals surface area contributed by atoms with Crippen molar-refractivity contribution in [1.29, 1.82) is 0 Å². The normalized spacial score (nSPS) is 11.1. The van der Waals surface area contributed by atoms with Gasteiger partial charge in [-0.25, -0.2) is 4.79 Å². The fraction of sp³-hybridized carbons (Fsp3) is 0.312. The van der Waals surface area contributed by atoms with Crippen molar-refractivity contribution in [2.75, 3.05) is 20.3 Å². The Labute approximate surface area is 119 Å². The molecule has 108 valence electrons. The second-order valence-corrected chi connectivity index (χ2v) is 3.90. The lowest BCUT2D eigenvalue weighted by atomic mass is 10.2. The zero-order valence-electron chi connectivity index (χ0n) is 11.9. The van der Waals surface area contributed by atoms with Crippen molar-refractivity contribution < 1.29 is 19.0 Å². The maximum atomic E-state index is 11.0. The number of benzene rings is 1. The molecule has 1 rings (SSSR count). The summed E-state index contributed by atoms with van der Waals surface area (Å²) in [7, 11) is 1.64.